The van der Waals surface area contributed by atoms with Gasteiger partial charge in [0.1, 0.15) is 12.3 Å². The summed E-state index contributed by atoms with van der Waals surface area (Å²) in [4.78, 5) is 24.8. The summed E-state index contributed by atoms with van der Waals surface area (Å²) in [6.45, 7) is 2.86. The van der Waals surface area contributed by atoms with E-state index in [4.69, 9.17) is 4.42 Å². The lowest BCUT2D eigenvalue weighted by Crippen LogP contribution is -2.48. The number of hydrogen-bond donors (Lipinski definition) is 1. The van der Waals surface area contributed by atoms with Crippen LogP contribution in [0.4, 0.5) is 8.78 Å². The molecule has 0 aliphatic rings. The van der Waals surface area contributed by atoms with Gasteiger partial charge in [-0.2, -0.15) is 0 Å². The quantitative estimate of drug-likeness (QED) is 0.833. The molecule has 1 heterocycles. The van der Waals surface area contributed by atoms with E-state index in [0.29, 0.717) is 6.42 Å². The molecule has 0 bridgehead atoms. The van der Waals surface area contributed by atoms with E-state index in [9.17, 15) is 18.4 Å². The molecule has 0 radical (unpaired) electrons. The van der Waals surface area contributed by atoms with Crippen molar-refractivity contribution in [2.45, 2.75) is 32.7 Å². The lowest BCUT2D eigenvalue weighted by molar-refractivity contribution is -0.134. The summed E-state index contributed by atoms with van der Waals surface area (Å²) in [6, 6.07) is 0.581. The summed E-state index contributed by atoms with van der Waals surface area (Å²) in [7, 11) is 0. The minimum absolute atomic E-state index is 0.231. The predicted octanol–water partition coefficient (Wildman–Crippen LogP) is 1.90. The van der Waals surface area contributed by atoms with Crippen LogP contribution in [-0.4, -0.2) is 42.3 Å². The monoisotopic (exact) mass is 288 g/mol. The Bertz CT molecular complexity index is 435. The normalized spacial score (nSPS) is 12.2. The SMILES string of the molecule is CCCN(CC(F)F)C(=O)[C@H](C)NC(=O)c1ccoc1. The molecule has 1 rings (SSSR count). The van der Waals surface area contributed by atoms with Gasteiger partial charge in [0.2, 0.25) is 5.91 Å². The van der Waals surface area contributed by atoms with Crippen LogP contribution in [0.3, 0.4) is 0 Å². The molecule has 0 aliphatic carbocycles. The maximum atomic E-state index is 12.4. The summed E-state index contributed by atoms with van der Waals surface area (Å²) in [5.74, 6) is -1.00. The van der Waals surface area contributed by atoms with Crippen LogP contribution < -0.4 is 5.32 Å². The molecule has 1 N–H and O–H groups in total. The van der Waals surface area contributed by atoms with Crippen molar-refractivity contribution in [3.05, 3.63) is 24.2 Å². The largest absolute Gasteiger partial charge is 0.472 e. The van der Waals surface area contributed by atoms with Crippen molar-refractivity contribution < 1.29 is 22.8 Å². The van der Waals surface area contributed by atoms with Gasteiger partial charge in [-0.1, -0.05) is 6.92 Å². The number of hydrogen-bond acceptors (Lipinski definition) is 3. The number of furan rings is 1. The van der Waals surface area contributed by atoms with Crippen LogP contribution in [0.2, 0.25) is 0 Å². The molecule has 0 saturated carbocycles. The van der Waals surface area contributed by atoms with Crippen LogP contribution in [0.25, 0.3) is 0 Å². The number of carbonyl (C=O) groups is 2. The van der Waals surface area contributed by atoms with Crippen LogP contribution in [0.5, 0.6) is 0 Å². The van der Waals surface area contributed by atoms with Gasteiger partial charge in [-0.25, -0.2) is 8.78 Å². The van der Waals surface area contributed by atoms with Crippen LogP contribution in [-0.2, 0) is 4.79 Å². The molecule has 1 atom stereocenters. The Morgan fingerprint density at radius 3 is 2.65 bits per heavy atom. The third-order valence-electron chi connectivity index (χ3n) is 2.66. The van der Waals surface area contributed by atoms with Gasteiger partial charge in [-0.05, 0) is 19.4 Å². The summed E-state index contributed by atoms with van der Waals surface area (Å²) in [5.41, 5.74) is 0.278. The first-order chi connectivity index (χ1) is 9.45. The van der Waals surface area contributed by atoms with E-state index >= 15 is 0 Å². The van der Waals surface area contributed by atoms with Gasteiger partial charge in [0.05, 0.1) is 18.4 Å². The summed E-state index contributed by atoms with van der Waals surface area (Å²) in [5, 5.41) is 2.46. The maximum absolute atomic E-state index is 12.4. The van der Waals surface area contributed by atoms with Gasteiger partial charge in [0, 0.05) is 6.54 Å². The van der Waals surface area contributed by atoms with Crippen molar-refractivity contribution in [3.8, 4) is 0 Å². The van der Waals surface area contributed by atoms with E-state index < -0.39 is 30.8 Å². The van der Waals surface area contributed by atoms with Gasteiger partial charge < -0.3 is 14.6 Å². The van der Waals surface area contributed by atoms with Gasteiger partial charge in [-0.15, -0.1) is 0 Å². The van der Waals surface area contributed by atoms with Gasteiger partial charge >= 0.3 is 0 Å². The smallest absolute Gasteiger partial charge is 0.255 e. The molecule has 0 fully saturated rings. The van der Waals surface area contributed by atoms with Crippen molar-refractivity contribution >= 4 is 11.8 Å². The highest BCUT2D eigenvalue weighted by Crippen LogP contribution is 2.05. The lowest BCUT2D eigenvalue weighted by atomic mass is 10.2. The van der Waals surface area contributed by atoms with Gasteiger partial charge in [0.25, 0.3) is 12.3 Å². The van der Waals surface area contributed by atoms with Crippen molar-refractivity contribution in [2.24, 2.45) is 0 Å². The molecule has 20 heavy (non-hydrogen) atoms. The Kier molecular flexibility index (Phi) is 6.14. The zero-order valence-electron chi connectivity index (χ0n) is 11.4. The molecule has 112 valence electrons. The molecular weight excluding hydrogens is 270 g/mol. The zero-order chi connectivity index (χ0) is 15.1. The van der Waals surface area contributed by atoms with Crippen molar-refractivity contribution in [1.29, 1.82) is 0 Å². The molecule has 0 spiro atoms. The first-order valence-electron chi connectivity index (χ1n) is 6.35. The molecule has 1 aromatic heterocycles. The number of alkyl halides is 2. The molecule has 0 aliphatic heterocycles. The first-order valence-corrected chi connectivity index (χ1v) is 6.35. The fraction of sp³-hybridized carbons (Fsp3) is 0.538. The Morgan fingerprint density at radius 2 is 2.15 bits per heavy atom. The first kappa shape index (κ1) is 16.1. The van der Waals surface area contributed by atoms with Crippen LogP contribution >= 0.6 is 0 Å². The highest BCUT2D eigenvalue weighted by atomic mass is 19.3. The third kappa shape index (κ3) is 4.64. The highest BCUT2D eigenvalue weighted by Gasteiger charge is 2.24. The van der Waals surface area contributed by atoms with Crippen LogP contribution in [0.15, 0.2) is 23.0 Å². The second-order valence-corrected chi connectivity index (χ2v) is 4.38. The zero-order valence-corrected chi connectivity index (χ0v) is 11.4. The molecule has 1 aromatic rings. The molecule has 5 nitrogen and oxygen atoms in total. The number of carbonyl (C=O) groups excluding carboxylic acids is 2. The number of nitrogens with one attached hydrogen (secondary N) is 1. The lowest BCUT2D eigenvalue weighted by Gasteiger charge is -2.25. The summed E-state index contributed by atoms with van der Waals surface area (Å²) < 4.78 is 29.6. The fourth-order valence-corrected chi connectivity index (χ4v) is 1.74. The average molecular weight is 288 g/mol. The molecule has 2 amide bonds. The van der Waals surface area contributed by atoms with Crippen molar-refractivity contribution in [2.75, 3.05) is 13.1 Å². The number of rotatable bonds is 7. The fourth-order valence-electron chi connectivity index (χ4n) is 1.74. The minimum Gasteiger partial charge on any atom is -0.472 e. The molecular formula is C13H18F2N2O3. The second kappa shape index (κ2) is 7.62. The number of amides is 2. The predicted molar refractivity (Wildman–Crippen MR) is 68.5 cm³/mol. The van der Waals surface area contributed by atoms with E-state index in [1.807, 2.05) is 0 Å². The topological polar surface area (TPSA) is 62.6 Å². The summed E-state index contributed by atoms with van der Waals surface area (Å²) in [6.07, 6.45) is 0.556. The van der Waals surface area contributed by atoms with E-state index in [0.717, 1.165) is 4.90 Å². The van der Waals surface area contributed by atoms with E-state index in [1.165, 1.54) is 25.5 Å². The average Bonchev–Trinajstić information content (AvgIpc) is 2.90. The van der Waals surface area contributed by atoms with Gasteiger partial charge in [-0.3, -0.25) is 9.59 Å². The van der Waals surface area contributed by atoms with E-state index in [2.05, 4.69) is 5.32 Å². The highest BCUT2D eigenvalue weighted by molar-refractivity contribution is 5.97. The van der Waals surface area contributed by atoms with E-state index in [-0.39, 0.29) is 12.1 Å². The molecule has 7 heteroatoms. The maximum Gasteiger partial charge on any atom is 0.255 e. The van der Waals surface area contributed by atoms with E-state index in [1.54, 1.807) is 6.92 Å². The molecule has 0 aromatic carbocycles. The molecule has 0 saturated heterocycles. The van der Waals surface area contributed by atoms with Gasteiger partial charge in [0.15, 0.2) is 0 Å². The third-order valence-corrected chi connectivity index (χ3v) is 2.66. The number of nitrogens with zero attached hydrogens (tertiary/aromatic N) is 1. The van der Waals surface area contributed by atoms with Crippen LogP contribution in [0, 0.1) is 0 Å². The second-order valence-electron chi connectivity index (χ2n) is 4.38. The van der Waals surface area contributed by atoms with Crippen molar-refractivity contribution in [1.82, 2.24) is 10.2 Å². The Balaban J connectivity index is 2.61. The number of halogens is 2. The summed E-state index contributed by atoms with van der Waals surface area (Å²) >= 11 is 0. The molecule has 0 unspecified atom stereocenters. The Hall–Kier alpha value is -1.92. The minimum atomic E-state index is -2.60. The Morgan fingerprint density at radius 1 is 1.45 bits per heavy atom. The Labute approximate surface area is 115 Å². The van der Waals surface area contributed by atoms with Crippen LogP contribution in [0.1, 0.15) is 30.6 Å². The standard InChI is InChI=1S/C13H18F2N2O3/c1-3-5-17(7-11(14)15)13(19)9(2)16-12(18)10-4-6-20-8-10/h4,6,8-9,11H,3,5,7H2,1-2H3,(H,16,18)/t9-/m0/s1. The van der Waals surface area contributed by atoms with Crippen molar-refractivity contribution in [3.63, 3.8) is 0 Å².